The van der Waals surface area contributed by atoms with Crippen LogP contribution in [0.4, 0.5) is 0 Å². The average Bonchev–Trinajstić information content (AvgIpc) is 2.98. The first-order chi connectivity index (χ1) is 7.20. The summed E-state index contributed by atoms with van der Waals surface area (Å²) in [6, 6.07) is 10.2. The zero-order valence-corrected chi connectivity index (χ0v) is 9.19. The Morgan fingerprint density at radius 1 is 1.47 bits per heavy atom. The second kappa shape index (κ2) is 4.07. The van der Waals surface area contributed by atoms with Gasteiger partial charge < -0.3 is 9.47 Å². The number of hydrogen-bond acceptors (Lipinski definition) is 2. The van der Waals surface area contributed by atoms with Gasteiger partial charge in [-0.15, -0.1) is 0 Å². The number of epoxide rings is 1. The number of ether oxygens (including phenoxy) is 2. The van der Waals surface area contributed by atoms with Gasteiger partial charge in [-0.05, 0) is 25.0 Å². The summed E-state index contributed by atoms with van der Waals surface area (Å²) in [5, 5.41) is 0. The monoisotopic (exact) mass is 204 g/mol. The van der Waals surface area contributed by atoms with E-state index in [1.807, 2.05) is 31.4 Å². The van der Waals surface area contributed by atoms with Crippen molar-refractivity contribution in [3.63, 3.8) is 0 Å². The minimum atomic E-state index is -0.0343. The van der Waals surface area contributed by atoms with Crippen molar-refractivity contribution in [2.24, 2.45) is 0 Å². The molecule has 0 aliphatic carbocycles. The lowest BCUT2D eigenvalue weighted by Crippen LogP contribution is -2.12. The van der Waals surface area contributed by atoms with E-state index in [1.54, 1.807) is 0 Å². The lowest BCUT2D eigenvalue weighted by atomic mass is 10.1. The Labute approximate surface area is 90.5 Å². The summed E-state index contributed by atoms with van der Waals surface area (Å²) in [6.45, 7) is 5.55. The Morgan fingerprint density at radius 2 is 2.13 bits per heavy atom. The predicted molar refractivity (Wildman–Crippen MR) is 60.4 cm³/mol. The molecule has 1 aliphatic rings. The molecule has 0 spiro atoms. The molecule has 1 aliphatic heterocycles. The lowest BCUT2D eigenvalue weighted by molar-refractivity contribution is 0.163. The summed E-state index contributed by atoms with van der Waals surface area (Å²) in [5.41, 5.74) is 2.30. The molecule has 0 radical (unpaired) electrons. The van der Waals surface area contributed by atoms with Crippen LogP contribution in [0, 0.1) is 0 Å². The second-order valence-electron chi connectivity index (χ2n) is 4.22. The standard InChI is InChI=1S/C13H16O2/c1-11(12-6-4-3-5-7-12)8-14-9-13(2)10-15-13/h3-8H,9-10H2,1-2H3/b11-8-. The fourth-order valence-corrected chi connectivity index (χ4v) is 1.32. The van der Waals surface area contributed by atoms with Crippen LogP contribution in [0.2, 0.25) is 0 Å². The van der Waals surface area contributed by atoms with Crippen LogP contribution in [0.5, 0.6) is 0 Å². The maximum Gasteiger partial charge on any atom is 0.123 e. The number of benzene rings is 1. The van der Waals surface area contributed by atoms with Crippen LogP contribution >= 0.6 is 0 Å². The minimum absolute atomic E-state index is 0.0343. The van der Waals surface area contributed by atoms with Crippen LogP contribution in [0.25, 0.3) is 5.57 Å². The number of allylic oxidation sites excluding steroid dienone is 1. The number of rotatable bonds is 4. The largest absolute Gasteiger partial charge is 0.498 e. The molecule has 1 fully saturated rings. The SMILES string of the molecule is C/C(=C/OCC1(C)CO1)c1ccccc1. The molecule has 15 heavy (non-hydrogen) atoms. The van der Waals surface area contributed by atoms with Crippen molar-refractivity contribution in [1.82, 2.24) is 0 Å². The maximum absolute atomic E-state index is 5.49. The van der Waals surface area contributed by atoms with Gasteiger partial charge in [0.1, 0.15) is 12.2 Å². The first-order valence-electron chi connectivity index (χ1n) is 5.17. The molecular weight excluding hydrogens is 188 g/mol. The summed E-state index contributed by atoms with van der Waals surface area (Å²) in [6.07, 6.45) is 1.81. The van der Waals surface area contributed by atoms with Crippen molar-refractivity contribution in [2.45, 2.75) is 19.4 Å². The molecule has 0 N–H and O–H groups in total. The van der Waals surface area contributed by atoms with Gasteiger partial charge in [-0.2, -0.15) is 0 Å². The van der Waals surface area contributed by atoms with Crippen LogP contribution in [-0.2, 0) is 9.47 Å². The first-order valence-corrected chi connectivity index (χ1v) is 5.17. The van der Waals surface area contributed by atoms with Crippen LogP contribution in [0.1, 0.15) is 19.4 Å². The van der Waals surface area contributed by atoms with Crippen LogP contribution in [0.3, 0.4) is 0 Å². The van der Waals surface area contributed by atoms with Crippen molar-refractivity contribution in [3.8, 4) is 0 Å². The summed E-state index contributed by atoms with van der Waals surface area (Å²) in [7, 11) is 0. The molecule has 1 heterocycles. The highest BCUT2D eigenvalue weighted by Crippen LogP contribution is 2.26. The zero-order chi connectivity index (χ0) is 10.7. The minimum Gasteiger partial charge on any atom is -0.498 e. The molecule has 1 unspecified atom stereocenters. The topological polar surface area (TPSA) is 21.8 Å². The summed E-state index contributed by atoms with van der Waals surface area (Å²) < 4.78 is 10.7. The van der Waals surface area contributed by atoms with Crippen molar-refractivity contribution in [1.29, 1.82) is 0 Å². The number of hydrogen-bond donors (Lipinski definition) is 0. The highest BCUT2D eigenvalue weighted by atomic mass is 16.6. The highest BCUT2D eigenvalue weighted by Gasteiger charge is 2.39. The molecule has 1 saturated heterocycles. The van der Waals surface area contributed by atoms with E-state index in [0.717, 1.165) is 12.2 Å². The van der Waals surface area contributed by atoms with Gasteiger partial charge in [-0.25, -0.2) is 0 Å². The van der Waals surface area contributed by atoms with Crippen LogP contribution in [-0.4, -0.2) is 18.8 Å². The van der Waals surface area contributed by atoms with E-state index in [1.165, 1.54) is 5.56 Å². The molecular formula is C13H16O2. The summed E-state index contributed by atoms with van der Waals surface area (Å²) in [5.74, 6) is 0. The van der Waals surface area contributed by atoms with Crippen molar-refractivity contribution in [2.75, 3.05) is 13.2 Å². The summed E-state index contributed by atoms with van der Waals surface area (Å²) in [4.78, 5) is 0. The Balaban J connectivity index is 1.90. The zero-order valence-electron chi connectivity index (χ0n) is 9.19. The van der Waals surface area contributed by atoms with Gasteiger partial charge in [0.25, 0.3) is 0 Å². The lowest BCUT2D eigenvalue weighted by Gasteiger charge is -2.06. The van der Waals surface area contributed by atoms with Crippen molar-refractivity contribution in [3.05, 3.63) is 42.2 Å². The van der Waals surface area contributed by atoms with Gasteiger partial charge in [0.15, 0.2) is 0 Å². The van der Waals surface area contributed by atoms with Crippen molar-refractivity contribution >= 4 is 5.57 Å². The van der Waals surface area contributed by atoms with Gasteiger partial charge in [-0.1, -0.05) is 30.3 Å². The average molecular weight is 204 g/mol. The van der Waals surface area contributed by atoms with Gasteiger partial charge >= 0.3 is 0 Å². The third-order valence-electron chi connectivity index (χ3n) is 2.52. The Hall–Kier alpha value is -1.28. The van der Waals surface area contributed by atoms with Crippen LogP contribution in [0.15, 0.2) is 36.6 Å². The van der Waals surface area contributed by atoms with E-state index in [9.17, 15) is 0 Å². The molecule has 0 amide bonds. The molecule has 80 valence electrons. The molecule has 1 aromatic carbocycles. The fraction of sp³-hybridized carbons (Fsp3) is 0.385. The molecule has 1 aromatic rings. The van der Waals surface area contributed by atoms with Gasteiger partial charge in [0.2, 0.25) is 0 Å². The third kappa shape index (κ3) is 2.83. The van der Waals surface area contributed by atoms with Gasteiger partial charge in [0.05, 0.1) is 12.9 Å². The van der Waals surface area contributed by atoms with Crippen LogP contribution < -0.4 is 0 Å². The molecule has 2 nitrogen and oxygen atoms in total. The first kappa shape index (κ1) is 10.2. The maximum atomic E-state index is 5.49. The molecule has 0 aromatic heterocycles. The Morgan fingerprint density at radius 3 is 2.73 bits per heavy atom. The van der Waals surface area contributed by atoms with E-state index in [0.29, 0.717) is 6.61 Å². The molecule has 2 rings (SSSR count). The molecule has 0 bridgehead atoms. The molecule has 2 heteroatoms. The van der Waals surface area contributed by atoms with E-state index in [4.69, 9.17) is 9.47 Å². The van der Waals surface area contributed by atoms with Crippen molar-refractivity contribution < 1.29 is 9.47 Å². The summed E-state index contributed by atoms with van der Waals surface area (Å²) >= 11 is 0. The smallest absolute Gasteiger partial charge is 0.123 e. The molecule has 1 atom stereocenters. The van der Waals surface area contributed by atoms with E-state index >= 15 is 0 Å². The van der Waals surface area contributed by atoms with E-state index in [-0.39, 0.29) is 5.60 Å². The quantitative estimate of drug-likeness (QED) is 0.555. The third-order valence-corrected chi connectivity index (χ3v) is 2.52. The molecule has 0 saturated carbocycles. The highest BCUT2D eigenvalue weighted by molar-refractivity contribution is 5.62. The van der Waals surface area contributed by atoms with E-state index < -0.39 is 0 Å². The Kier molecular flexibility index (Phi) is 2.78. The van der Waals surface area contributed by atoms with E-state index in [2.05, 4.69) is 19.1 Å². The van der Waals surface area contributed by atoms with Gasteiger partial charge in [0, 0.05) is 0 Å². The second-order valence-corrected chi connectivity index (χ2v) is 4.22. The Bertz CT molecular complexity index is 350. The predicted octanol–water partition coefficient (Wildman–Crippen LogP) is 2.85. The fourth-order valence-electron chi connectivity index (χ4n) is 1.32. The van der Waals surface area contributed by atoms with Gasteiger partial charge in [-0.3, -0.25) is 0 Å². The normalized spacial score (nSPS) is 25.1.